The SMILES string of the molecule is COc1ccc(CCC(=O)N2CCN(c3ccc(Nc4ccccn4)nn3)CC2)cc1. The Morgan fingerprint density at radius 3 is 2.42 bits per heavy atom. The number of hydrogen-bond donors (Lipinski definition) is 1. The number of piperazine rings is 1. The minimum Gasteiger partial charge on any atom is -0.497 e. The van der Waals surface area contributed by atoms with Gasteiger partial charge < -0.3 is 19.9 Å². The second kappa shape index (κ2) is 9.88. The second-order valence-electron chi connectivity index (χ2n) is 7.33. The molecule has 0 unspecified atom stereocenters. The van der Waals surface area contributed by atoms with Gasteiger partial charge in [0.1, 0.15) is 11.6 Å². The first kappa shape index (κ1) is 20.6. The van der Waals surface area contributed by atoms with Crippen molar-refractivity contribution in [2.24, 2.45) is 0 Å². The summed E-state index contributed by atoms with van der Waals surface area (Å²) in [5.41, 5.74) is 1.14. The minimum absolute atomic E-state index is 0.191. The summed E-state index contributed by atoms with van der Waals surface area (Å²) in [6.07, 6.45) is 2.97. The minimum atomic E-state index is 0.191. The maximum absolute atomic E-state index is 12.6. The zero-order valence-electron chi connectivity index (χ0n) is 17.6. The number of nitrogens with one attached hydrogen (secondary N) is 1. The van der Waals surface area contributed by atoms with Crippen LogP contribution in [0.1, 0.15) is 12.0 Å². The molecule has 8 heteroatoms. The third-order valence-electron chi connectivity index (χ3n) is 5.31. The van der Waals surface area contributed by atoms with Gasteiger partial charge in [-0.3, -0.25) is 4.79 Å². The number of rotatable bonds is 7. The van der Waals surface area contributed by atoms with Crippen LogP contribution in [0.5, 0.6) is 5.75 Å². The Kier molecular flexibility index (Phi) is 6.56. The van der Waals surface area contributed by atoms with Gasteiger partial charge in [0.2, 0.25) is 5.91 Å². The van der Waals surface area contributed by atoms with Crippen LogP contribution in [0.25, 0.3) is 0 Å². The van der Waals surface area contributed by atoms with Crippen LogP contribution < -0.4 is 15.0 Å². The lowest BCUT2D eigenvalue weighted by Crippen LogP contribution is -2.49. The van der Waals surface area contributed by atoms with E-state index in [4.69, 9.17) is 4.74 Å². The summed E-state index contributed by atoms with van der Waals surface area (Å²) < 4.78 is 5.17. The third-order valence-corrected chi connectivity index (χ3v) is 5.31. The highest BCUT2D eigenvalue weighted by atomic mass is 16.5. The summed E-state index contributed by atoms with van der Waals surface area (Å²) in [6.45, 7) is 2.88. The van der Waals surface area contributed by atoms with E-state index in [9.17, 15) is 4.79 Å². The first-order valence-corrected chi connectivity index (χ1v) is 10.4. The molecular formula is C23H26N6O2. The number of aromatic nitrogens is 3. The number of amides is 1. The number of anilines is 3. The molecule has 0 bridgehead atoms. The van der Waals surface area contributed by atoms with E-state index >= 15 is 0 Å². The fraction of sp³-hybridized carbons (Fsp3) is 0.304. The maximum Gasteiger partial charge on any atom is 0.223 e. The molecule has 3 heterocycles. The number of carbonyl (C=O) groups excluding carboxylic acids is 1. The fourth-order valence-corrected chi connectivity index (χ4v) is 3.52. The highest BCUT2D eigenvalue weighted by Gasteiger charge is 2.22. The Morgan fingerprint density at radius 2 is 1.77 bits per heavy atom. The quantitative estimate of drug-likeness (QED) is 0.632. The van der Waals surface area contributed by atoms with Gasteiger partial charge in [0.15, 0.2) is 11.6 Å². The predicted molar refractivity (Wildman–Crippen MR) is 120 cm³/mol. The van der Waals surface area contributed by atoms with Crippen LogP contribution in [-0.2, 0) is 11.2 Å². The van der Waals surface area contributed by atoms with E-state index in [0.717, 1.165) is 42.5 Å². The van der Waals surface area contributed by atoms with E-state index < -0.39 is 0 Å². The Morgan fingerprint density at radius 1 is 0.968 bits per heavy atom. The van der Waals surface area contributed by atoms with Crippen molar-refractivity contribution in [3.63, 3.8) is 0 Å². The molecule has 1 aliphatic heterocycles. The van der Waals surface area contributed by atoms with Crippen molar-refractivity contribution < 1.29 is 9.53 Å². The summed E-state index contributed by atoms with van der Waals surface area (Å²) in [4.78, 5) is 20.9. The Balaban J connectivity index is 1.24. The van der Waals surface area contributed by atoms with Crippen molar-refractivity contribution in [1.29, 1.82) is 0 Å². The second-order valence-corrected chi connectivity index (χ2v) is 7.33. The van der Waals surface area contributed by atoms with Crippen molar-refractivity contribution in [3.8, 4) is 5.75 Å². The highest BCUT2D eigenvalue weighted by molar-refractivity contribution is 5.76. The van der Waals surface area contributed by atoms with Crippen molar-refractivity contribution in [1.82, 2.24) is 20.1 Å². The van der Waals surface area contributed by atoms with Crippen LogP contribution in [-0.4, -0.2) is 59.3 Å². The molecule has 1 aliphatic rings. The van der Waals surface area contributed by atoms with Gasteiger partial charge in [0.25, 0.3) is 0 Å². The van der Waals surface area contributed by atoms with Crippen LogP contribution in [0.2, 0.25) is 0 Å². The molecule has 1 amide bonds. The lowest BCUT2D eigenvalue weighted by atomic mass is 10.1. The zero-order chi connectivity index (χ0) is 21.5. The number of hydrogen-bond acceptors (Lipinski definition) is 7. The van der Waals surface area contributed by atoms with Gasteiger partial charge in [0.05, 0.1) is 7.11 Å². The summed E-state index contributed by atoms with van der Waals surface area (Å²) in [5, 5.41) is 11.7. The summed E-state index contributed by atoms with van der Waals surface area (Å²) in [7, 11) is 1.65. The average Bonchev–Trinajstić information content (AvgIpc) is 2.84. The molecule has 0 radical (unpaired) electrons. The van der Waals surface area contributed by atoms with Gasteiger partial charge in [-0.15, -0.1) is 10.2 Å². The third kappa shape index (κ3) is 5.48. The Labute approximate surface area is 181 Å². The molecule has 0 aliphatic carbocycles. The molecule has 0 spiro atoms. The Bertz CT molecular complexity index is 971. The molecule has 2 aromatic heterocycles. The molecule has 0 atom stereocenters. The number of benzene rings is 1. The van der Waals surface area contributed by atoms with E-state index in [-0.39, 0.29) is 5.91 Å². The summed E-state index contributed by atoms with van der Waals surface area (Å²) in [5.74, 6) is 3.21. The predicted octanol–water partition coefficient (Wildman–Crippen LogP) is 2.91. The van der Waals surface area contributed by atoms with Gasteiger partial charge in [0, 0.05) is 38.8 Å². The first-order chi connectivity index (χ1) is 15.2. The normalized spacial score (nSPS) is 13.7. The van der Waals surface area contributed by atoms with E-state index in [2.05, 4.69) is 25.4 Å². The molecule has 4 rings (SSSR count). The molecule has 1 aromatic carbocycles. The van der Waals surface area contributed by atoms with Crippen molar-refractivity contribution >= 4 is 23.4 Å². The van der Waals surface area contributed by atoms with Crippen LogP contribution >= 0.6 is 0 Å². The van der Waals surface area contributed by atoms with Crippen molar-refractivity contribution in [2.45, 2.75) is 12.8 Å². The smallest absolute Gasteiger partial charge is 0.223 e. The fourth-order valence-electron chi connectivity index (χ4n) is 3.52. The molecule has 3 aromatic rings. The maximum atomic E-state index is 12.6. The van der Waals surface area contributed by atoms with E-state index in [1.807, 2.05) is 59.5 Å². The van der Waals surface area contributed by atoms with Gasteiger partial charge in [-0.2, -0.15) is 0 Å². The number of ether oxygens (including phenoxy) is 1. The lowest BCUT2D eigenvalue weighted by Gasteiger charge is -2.35. The molecule has 160 valence electrons. The highest BCUT2D eigenvalue weighted by Crippen LogP contribution is 2.17. The largest absolute Gasteiger partial charge is 0.497 e. The molecule has 31 heavy (non-hydrogen) atoms. The average molecular weight is 419 g/mol. The first-order valence-electron chi connectivity index (χ1n) is 10.4. The number of pyridine rings is 1. The molecule has 0 saturated carbocycles. The Hall–Kier alpha value is -3.68. The van der Waals surface area contributed by atoms with Gasteiger partial charge >= 0.3 is 0 Å². The van der Waals surface area contributed by atoms with Crippen molar-refractivity contribution in [2.75, 3.05) is 43.5 Å². The number of nitrogens with zero attached hydrogens (tertiary/aromatic N) is 5. The summed E-state index contributed by atoms with van der Waals surface area (Å²) >= 11 is 0. The van der Waals surface area contributed by atoms with Gasteiger partial charge in [-0.05, 0) is 48.4 Å². The van der Waals surface area contributed by atoms with Gasteiger partial charge in [-0.1, -0.05) is 18.2 Å². The molecule has 1 fully saturated rings. The number of carbonyl (C=O) groups is 1. The van der Waals surface area contributed by atoms with E-state index in [1.54, 1.807) is 13.3 Å². The van der Waals surface area contributed by atoms with Crippen LogP contribution in [0.3, 0.4) is 0 Å². The molecular weight excluding hydrogens is 392 g/mol. The van der Waals surface area contributed by atoms with Crippen LogP contribution in [0.15, 0.2) is 60.8 Å². The number of aryl methyl sites for hydroxylation is 1. The van der Waals surface area contributed by atoms with Gasteiger partial charge in [-0.25, -0.2) is 4.98 Å². The standard InChI is InChI=1S/C23H26N6O2/c1-31-19-8-5-18(6-9-19)7-12-23(30)29-16-14-28(15-17-29)22-11-10-21(26-27-22)25-20-4-2-3-13-24-20/h2-6,8-11,13H,7,12,14-17H2,1H3,(H,24,25,26). The van der Waals surface area contributed by atoms with E-state index in [0.29, 0.717) is 25.3 Å². The van der Waals surface area contributed by atoms with Crippen molar-refractivity contribution in [3.05, 3.63) is 66.4 Å². The topological polar surface area (TPSA) is 83.5 Å². The molecule has 1 N–H and O–H groups in total. The van der Waals surface area contributed by atoms with Crippen LogP contribution in [0, 0.1) is 0 Å². The van der Waals surface area contributed by atoms with Crippen LogP contribution in [0.4, 0.5) is 17.5 Å². The monoisotopic (exact) mass is 418 g/mol. The lowest BCUT2D eigenvalue weighted by molar-refractivity contribution is -0.131. The number of methoxy groups -OCH3 is 1. The zero-order valence-corrected chi connectivity index (χ0v) is 17.6. The summed E-state index contributed by atoms with van der Waals surface area (Å²) in [6, 6.07) is 17.4. The molecule has 8 nitrogen and oxygen atoms in total. The van der Waals surface area contributed by atoms with E-state index in [1.165, 1.54) is 0 Å². The molecule has 1 saturated heterocycles.